The van der Waals surface area contributed by atoms with E-state index >= 15 is 0 Å². The van der Waals surface area contributed by atoms with Crippen LogP contribution in [0.15, 0.2) is 22.8 Å². The molecule has 3 heterocycles. The molecule has 2 aromatic heterocycles. The molecule has 1 saturated heterocycles. The highest BCUT2D eigenvalue weighted by Crippen LogP contribution is 2.11. The molecule has 2 N–H and O–H groups in total. The van der Waals surface area contributed by atoms with E-state index in [0.717, 1.165) is 18.0 Å². The van der Waals surface area contributed by atoms with Gasteiger partial charge < -0.3 is 14.2 Å². The van der Waals surface area contributed by atoms with E-state index in [-0.39, 0.29) is 0 Å². The van der Waals surface area contributed by atoms with Crippen molar-refractivity contribution in [3.63, 3.8) is 0 Å². The first-order valence-corrected chi connectivity index (χ1v) is 7.72. The number of quaternary nitrogens is 2. The molecule has 0 bridgehead atoms. The van der Waals surface area contributed by atoms with Gasteiger partial charge in [-0.05, 0) is 22.6 Å². The summed E-state index contributed by atoms with van der Waals surface area (Å²) in [5.74, 6) is 1.86. The molecule has 7 nitrogen and oxygen atoms in total. The van der Waals surface area contributed by atoms with E-state index in [0.29, 0.717) is 12.6 Å². The van der Waals surface area contributed by atoms with Crippen molar-refractivity contribution in [1.29, 1.82) is 0 Å². The highest BCUT2D eigenvalue weighted by Gasteiger charge is 2.32. The van der Waals surface area contributed by atoms with Crippen LogP contribution < -0.4 is 9.80 Å². The maximum Gasteiger partial charge on any atom is 0.209 e. The minimum Gasteiger partial charge on any atom is -0.467 e. The Morgan fingerprint density at radius 1 is 1.33 bits per heavy atom. The van der Waals surface area contributed by atoms with Crippen molar-refractivity contribution in [3.05, 3.63) is 30.0 Å². The predicted molar refractivity (Wildman–Crippen MR) is 76.0 cm³/mol. The summed E-state index contributed by atoms with van der Waals surface area (Å²) in [6.45, 7) is 7.60. The molecular formula is C14H24N6O+2. The first-order chi connectivity index (χ1) is 10.3. The molecule has 1 aliphatic heterocycles. The van der Waals surface area contributed by atoms with Gasteiger partial charge in [0.25, 0.3) is 0 Å². The van der Waals surface area contributed by atoms with Crippen LogP contribution >= 0.6 is 0 Å². The van der Waals surface area contributed by atoms with Crippen molar-refractivity contribution in [2.45, 2.75) is 25.9 Å². The number of aromatic nitrogens is 4. The van der Waals surface area contributed by atoms with Gasteiger partial charge in [0.2, 0.25) is 5.82 Å². The summed E-state index contributed by atoms with van der Waals surface area (Å²) in [6, 6.07) is 4.21. The Morgan fingerprint density at radius 2 is 2.14 bits per heavy atom. The van der Waals surface area contributed by atoms with Gasteiger partial charge in [-0.15, -0.1) is 5.10 Å². The lowest BCUT2D eigenvalue weighted by atomic mass is 10.1. The summed E-state index contributed by atoms with van der Waals surface area (Å²) in [6.07, 6.45) is 2.73. The summed E-state index contributed by atoms with van der Waals surface area (Å²) in [5.41, 5.74) is 0. The molecule has 0 unspecified atom stereocenters. The third kappa shape index (κ3) is 3.14. The van der Waals surface area contributed by atoms with Gasteiger partial charge in [0, 0.05) is 6.42 Å². The summed E-state index contributed by atoms with van der Waals surface area (Å²) in [7, 11) is 2.26. The number of rotatable bonds is 5. The van der Waals surface area contributed by atoms with Gasteiger partial charge in [0.1, 0.15) is 44.5 Å². The number of hydrogen-bond donors (Lipinski definition) is 2. The molecule has 1 fully saturated rings. The normalized spacial score (nSPS) is 24.1. The first-order valence-electron chi connectivity index (χ1n) is 7.72. The van der Waals surface area contributed by atoms with E-state index < -0.39 is 0 Å². The fourth-order valence-electron chi connectivity index (χ4n) is 3.12. The lowest BCUT2D eigenvalue weighted by Crippen LogP contribution is -3.27. The van der Waals surface area contributed by atoms with Crippen LogP contribution in [0.25, 0.3) is 0 Å². The van der Waals surface area contributed by atoms with Crippen LogP contribution in [0.2, 0.25) is 0 Å². The second-order valence-corrected chi connectivity index (χ2v) is 5.85. The van der Waals surface area contributed by atoms with Crippen molar-refractivity contribution in [1.82, 2.24) is 20.2 Å². The summed E-state index contributed by atoms with van der Waals surface area (Å²) < 4.78 is 7.29. The van der Waals surface area contributed by atoms with Crippen molar-refractivity contribution < 1.29 is 14.2 Å². The van der Waals surface area contributed by atoms with E-state index in [1.54, 1.807) is 16.1 Å². The zero-order valence-corrected chi connectivity index (χ0v) is 12.7. The van der Waals surface area contributed by atoms with Gasteiger partial charge in [-0.25, -0.2) is 4.68 Å². The number of likely N-dealkylation sites (N-methyl/N-ethyl adjacent to an activating group) is 1. The zero-order chi connectivity index (χ0) is 14.7. The molecule has 114 valence electrons. The van der Waals surface area contributed by atoms with Crippen molar-refractivity contribution in [2.75, 3.05) is 33.2 Å². The fourth-order valence-corrected chi connectivity index (χ4v) is 3.12. The number of nitrogens with zero attached hydrogens (tertiary/aromatic N) is 4. The highest BCUT2D eigenvalue weighted by molar-refractivity contribution is 5.00. The number of hydrogen-bond acceptors (Lipinski definition) is 4. The Kier molecular flexibility index (Phi) is 4.31. The minimum absolute atomic E-state index is 0.364. The first kappa shape index (κ1) is 14.2. The molecule has 3 rings (SSSR count). The average Bonchev–Trinajstić information content (AvgIpc) is 3.15. The molecule has 0 saturated carbocycles. The molecule has 0 aliphatic carbocycles. The predicted octanol–water partition coefficient (Wildman–Crippen LogP) is -1.82. The fraction of sp³-hybridized carbons (Fsp3) is 0.643. The lowest BCUT2D eigenvalue weighted by molar-refractivity contribution is -1.02. The molecule has 0 radical (unpaired) electrons. The highest BCUT2D eigenvalue weighted by atomic mass is 16.3. The van der Waals surface area contributed by atoms with Crippen LogP contribution in [-0.4, -0.2) is 53.4 Å². The van der Waals surface area contributed by atoms with E-state index in [4.69, 9.17) is 4.42 Å². The van der Waals surface area contributed by atoms with Crippen molar-refractivity contribution in [2.24, 2.45) is 0 Å². The number of nitrogens with one attached hydrogen (secondary N) is 2. The van der Waals surface area contributed by atoms with Crippen molar-refractivity contribution in [3.8, 4) is 0 Å². The molecule has 0 aromatic carbocycles. The average molecular weight is 292 g/mol. The SMILES string of the molecule is CC[C@H](c1nnnn1Cc1ccco1)[NH+]1CC[NH+](C)CC1. The van der Waals surface area contributed by atoms with Crippen LogP contribution in [0.5, 0.6) is 0 Å². The third-order valence-electron chi connectivity index (χ3n) is 4.40. The van der Waals surface area contributed by atoms with E-state index in [1.807, 2.05) is 16.8 Å². The molecular weight excluding hydrogens is 268 g/mol. The second-order valence-electron chi connectivity index (χ2n) is 5.85. The Labute approximate surface area is 124 Å². The summed E-state index contributed by atoms with van der Waals surface area (Å²) in [5, 5.41) is 12.3. The molecule has 1 atom stereocenters. The van der Waals surface area contributed by atoms with Gasteiger partial charge >= 0.3 is 0 Å². The maximum atomic E-state index is 5.41. The van der Waals surface area contributed by atoms with Crippen LogP contribution in [0, 0.1) is 0 Å². The van der Waals surface area contributed by atoms with E-state index in [1.165, 1.54) is 26.2 Å². The van der Waals surface area contributed by atoms with Gasteiger partial charge in [-0.2, -0.15) is 0 Å². The third-order valence-corrected chi connectivity index (χ3v) is 4.40. The zero-order valence-electron chi connectivity index (χ0n) is 12.7. The molecule has 1 aliphatic rings. The molecule has 0 amide bonds. The van der Waals surface area contributed by atoms with Crippen LogP contribution in [0.4, 0.5) is 0 Å². The van der Waals surface area contributed by atoms with E-state index in [9.17, 15) is 0 Å². The largest absolute Gasteiger partial charge is 0.467 e. The number of furan rings is 1. The second kappa shape index (κ2) is 6.36. The molecule has 2 aromatic rings. The molecule has 7 heteroatoms. The molecule has 0 spiro atoms. The monoisotopic (exact) mass is 292 g/mol. The van der Waals surface area contributed by atoms with Crippen molar-refractivity contribution >= 4 is 0 Å². The smallest absolute Gasteiger partial charge is 0.209 e. The Hall–Kier alpha value is -1.73. The number of tetrazole rings is 1. The van der Waals surface area contributed by atoms with E-state index in [2.05, 4.69) is 29.5 Å². The van der Waals surface area contributed by atoms with Gasteiger partial charge in [-0.1, -0.05) is 6.92 Å². The maximum absolute atomic E-state index is 5.41. The Bertz CT molecular complexity index is 544. The summed E-state index contributed by atoms with van der Waals surface area (Å²) >= 11 is 0. The minimum atomic E-state index is 0.364. The topological polar surface area (TPSA) is 65.6 Å². The van der Waals surface area contributed by atoms with Gasteiger partial charge in [0.05, 0.1) is 13.3 Å². The molecule has 21 heavy (non-hydrogen) atoms. The summed E-state index contributed by atoms with van der Waals surface area (Å²) in [4.78, 5) is 3.21. The van der Waals surface area contributed by atoms with Crippen LogP contribution in [0.1, 0.15) is 31.0 Å². The van der Waals surface area contributed by atoms with Crippen LogP contribution in [0.3, 0.4) is 0 Å². The number of piperazine rings is 1. The quantitative estimate of drug-likeness (QED) is 0.681. The van der Waals surface area contributed by atoms with Crippen LogP contribution in [-0.2, 0) is 6.54 Å². The lowest BCUT2D eigenvalue weighted by Gasteiger charge is -2.32. The Morgan fingerprint density at radius 3 is 2.81 bits per heavy atom. The standard InChI is InChI=1S/C14H22N6O/c1-3-13(19-8-6-18(2)7-9-19)14-15-16-17-20(14)11-12-5-4-10-21-12/h4-5,10,13H,3,6-9,11H2,1-2H3/p+2/t13-/m1/s1. The Balaban J connectivity index is 1.76. The van der Waals surface area contributed by atoms with Gasteiger partial charge in [-0.3, -0.25) is 0 Å². The van der Waals surface area contributed by atoms with Gasteiger partial charge in [0.15, 0.2) is 0 Å².